The summed E-state index contributed by atoms with van der Waals surface area (Å²) in [5.41, 5.74) is 1.84. The molecule has 0 spiro atoms. The van der Waals surface area contributed by atoms with E-state index in [-0.39, 0.29) is 17.6 Å². The lowest BCUT2D eigenvalue weighted by atomic mass is 10.0. The van der Waals surface area contributed by atoms with Crippen molar-refractivity contribution in [3.8, 4) is 0 Å². The second-order valence-electron chi connectivity index (χ2n) is 4.50. The average molecular weight is 261 g/mol. The maximum Gasteiger partial charge on any atom is 0.292 e. The molecule has 1 unspecified atom stereocenters. The molecule has 100 valence electrons. The quantitative estimate of drug-likeness (QED) is 0.495. The first-order valence-corrected chi connectivity index (χ1v) is 6.01. The van der Waals surface area contributed by atoms with E-state index in [4.69, 9.17) is 0 Å². The molecule has 1 aromatic carbocycles. The van der Waals surface area contributed by atoms with Crippen LogP contribution in [0.1, 0.15) is 18.9 Å². The monoisotopic (exact) mass is 261 g/mol. The predicted octanol–water partition coefficient (Wildman–Crippen LogP) is 2.47. The van der Waals surface area contributed by atoms with Crippen molar-refractivity contribution >= 4 is 23.0 Å². The fourth-order valence-corrected chi connectivity index (χ4v) is 1.99. The smallest absolute Gasteiger partial charge is 0.292 e. The van der Waals surface area contributed by atoms with Crippen LogP contribution in [-0.2, 0) is 11.2 Å². The topological polar surface area (TPSA) is 84.3 Å². The Hall–Kier alpha value is -2.37. The first kappa shape index (κ1) is 13.1. The summed E-state index contributed by atoms with van der Waals surface area (Å²) in [6.07, 6.45) is 2.54. The number of hydrogen-bond donors (Lipinski definition) is 2. The van der Waals surface area contributed by atoms with Crippen molar-refractivity contribution < 1.29 is 9.72 Å². The largest absolute Gasteiger partial charge is 0.374 e. The highest BCUT2D eigenvalue weighted by atomic mass is 16.6. The first-order chi connectivity index (χ1) is 9.01. The van der Waals surface area contributed by atoms with Gasteiger partial charge in [-0.1, -0.05) is 6.08 Å². The summed E-state index contributed by atoms with van der Waals surface area (Å²) in [5, 5.41) is 16.8. The van der Waals surface area contributed by atoms with Gasteiger partial charge in [-0.3, -0.25) is 14.9 Å². The van der Waals surface area contributed by atoms with E-state index in [1.54, 1.807) is 12.1 Å². The SMILES string of the molecule is C=CC(C)Nc1cc2c(cc1[N+](=O)[O-])CCC(=O)N2. The van der Waals surface area contributed by atoms with Crippen LogP contribution >= 0.6 is 0 Å². The van der Waals surface area contributed by atoms with Gasteiger partial charge in [-0.25, -0.2) is 0 Å². The molecule has 0 saturated heterocycles. The summed E-state index contributed by atoms with van der Waals surface area (Å²) in [5.74, 6) is -0.0657. The number of rotatable bonds is 4. The second kappa shape index (κ2) is 5.09. The number of nitro benzene ring substituents is 1. The highest BCUT2D eigenvalue weighted by Crippen LogP contribution is 2.34. The Morgan fingerprint density at radius 1 is 1.53 bits per heavy atom. The van der Waals surface area contributed by atoms with E-state index in [9.17, 15) is 14.9 Å². The van der Waals surface area contributed by atoms with Crippen LogP contribution in [0.5, 0.6) is 0 Å². The molecule has 0 aromatic heterocycles. The van der Waals surface area contributed by atoms with Gasteiger partial charge in [0.1, 0.15) is 5.69 Å². The van der Waals surface area contributed by atoms with Gasteiger partial charge in [0.2, 0.25) is 5.91 Å². The summed E-state index contributed by atoms with van der Waals surface area (Å²) in [6.45, 7) is 5.47. The Bertz CT molecular complexity index is 554. The van der Waals surface area contributed by atoms with Gasteiger partial charge in [-0.15, -0.1) is 6.58 Å². The molecule has 0 radical (unpaired) electrons. The predicted molar refractivity (Wildman–Crippen MR) is 73.3 cm³/mol. The van der Waals surface area contributed by atoms with Crippen LogP contribution in [0.4, 0.5) is 17.1 Å². The van der Waals surface area contributed by atoms with Crippen LogP contribution in [0.3, 0.4) is 0 Å². The number of carbonyl (C=O) groups excluding carboxylic acids is 1. The minimum atomic E-state index is -0.422. The number of anilines is 2. The first-order valence-electron chi connectivity index (χ1n) is 6.01. The standard InChI is InChI=1S/C13H15N3O3/c1-3-8(2)14-11-7-10-9(4-5-13(17)15-10)6-12(11)16(18)19/h3,6-8,14H,1,4-5H2,2H3,(H,15,17). The molecule has 0 bridgehead atoms. The molecule has 1 heterocycles. The third-order valence-corrected chi connectivity index (χ3v) is 3.05. The van der Waals surface area contributed by atoms with Crippen molar-refractivity contribution in [1.29, 1.82) is 0 Å². The summed E-state index contributed by atoms with van der Waals surface area (Å²) < 4.78 is 0. The van der Waals surface area contributed by atoms with E-state index in [0.717, 1.165) is 5.56 Å². The lowest BCUT2D eigenvalue weighted by Gasteiger charge is -2.19. The molecule has 1 aliphatic rings. The highest BCUT2D eigenvalue weighted by molar-refractivity contribution is 5.95. The maximum absolute atomic E-state index is 11.4. The van der Waals surface area contributed by atoms with Crippen molar-refractivity contribution in [1.82, 2.24) is 0 Å². The number of nitrogens with zero attached hydrogens (tertiary/aromatic N) is 1. The Kier molecular flexibility index (Phi) is 3.50. The Morgan fingerprint density at radius 2 is 2.26 bits per heavy atom. The summed E-state index contributed by atoms with van der Waals surface area (Å²) in [7, 11) is 0. The van der Waals surface area contributed by atoms with Crippen LogP contribution in [0, 0.1) is 10.1 Å². The fourth-order valence-electron chi connectivity index (χ4n) is 1.99. The molecule has 1 aromatic rings. The number of hydrogen-bond acceptors (Lipinski definition) is 4. The van der Waals surface area contributed by atoms with Gasteiger partial charge < -0.3 is 10.6 Å². The molecule has 6 nitrogen and oxygen atoms in total. The number of fused-ring (bicyclic) bond motifs is 1. The van der Waals surface area contributed by atoms with Crippen molar-refractivity contribution in [3.05, 3.63) is 40.5 Å². The van der Waals surface area contributed by atoms with Crippen molar-refractivity contribution in [2.75, 3.05) is 10.6 Å². The van der Waals surface area contributed by atoms with E-state index in [0.29, 0.717) is 24.2 Å². The van der Waals surface area contributed by atoms with Crippen molar-refractivity contribution in [2.24, 2.45) is 0 Å². The fraction of sp³-hybridized carbons (Fsp3) is 0.308. The summed E-state index contributed by atoms with van der Waals surface area (Å²) >= 11 is 0. The van der Waals surface area contributed by atoms with E-state index >= 15 is 0 Å². The Morgan fingerprint density at radius 3 is 2.89 bits per heavy atom. The van der Waals surface area contributed by atoms with Crippen LogP contribution in [0.15, 0.2) is 24.8 Å². The zero-order valence-corrected chi connectivity index (χ0v) is 10.6. The number of aryl methyl sites for hydroxylation is 1. The normalized spacial score (nSPS) is 15.1. The lowest BCUT2D eigenvalue weighted by Crippen LogP contribution is -2.20. The number of amides is 1. The highest BCUT2D eigenvalue weighted by Gasteiger charge is 2.22. The lowest BCUT2D eigenvalue weighted by molar-refractivity contribution is -0.384. The van der Waals surface area contributed by atoms with Gasteiger partial charge >= 0.3 is 0 Å². The minimum Gasteiger partial charge on any atom is -0.374 e. The second-order valence-corrected chi connectivity index (χ2v) is 4.50. The number of nitro groups is 1. The average Bonchev–Trinajstić information content (AvgIpc) is 2.37. The number of benzene rings is 1. The minimum absolute atomic E-state index is 0.0172. The van der Waals surface area contributed by atoms with Crippen LogP contribution < -0.4 is 10.6 Å². The molecule has 2 N–H and O–H groups in total. The third-order valence-electron chi connectivity index (χ3n) is 3.05. The Balaban J connectivity index is 2.44. The molecule has 0 saturated carbocycles. The van der Waals surface area contributed by atoms with Gasteiger partial charge in [-0.2, -0.15) is 0 Å². The molecule has 2 rings (SSSR count). The van der Waals surface area contributed by atoms with Gasteiger partial charge in [0, 0.05) is 24.2 Å². The van der Waals surface area contributed by atoms with E-state index in [1.807, 2.05) is 6.92 Å². The molecule has 0 aliphatic carbocycles. The van der Waals surface area contributed by atoms with Crippen LogP contribution in [-0.4, -0.2) is 16.9 Å². The zero-order chi connectivity index (χ0) is 14.0. The molecule has 0 fully saturated rings. The zero-order valence-electron chi connectivity index (χ0n) is 10.6. The molecular formula is C13H15N3O3. The molecule has 1 amide bonds. The molecule has 6 heteroatoms. The Labute approximate surface area is 110 Å². The van der Waals surface area contributed by atoms with Gasteiger partial charge in [0.15, 0.2) is 0 Å². The third kappa shape index (κ3) is 2.73. The summed E-state index contributed by atoms with van der Waals surface area (Å²) in [6, 6.07) is 3.04. The van der Waals surface area contributed by atoms with Crippen molar-refractivity contribution in [2.45, 2.75) is 25.8 Å². The van der Waals surface area contributed by atoms with E-state index in [1.165, 1.54) is 6.07 Å². The van der Waals surface area contributed by atoms with E-state index in [2.05, 4.69) is 17.2 Å². The van der Waals surface area contributed by atoms with Gasteiger partial charge in [-0.05, 0) is 25.0 Å². The number of nitrogens with one attached hydrogen (secondary N) is 2. The van der Waals surface area contributed by atoms with Crippen molar-refractivity contribution in [3.63, 3.8) is 0 Å². The molecule has 1 aliphatic heterocycles. The van der Waals surface area contributed by atoms with Crippen LogP contribution in [0.25, 0.3) is 0 Å². The molecular weight excluding hydrogens is 246 g/mol. The van der Waals surface area contributed by atoms with Crippen LogP contribution in [0.2, 0.25) is 0 Å². The number of carbonyl (C=O) groups is 1. The van der Waals surface area contributed by atoms with Gasteiger partial charge in [0.25, 0.3) is 5.69 Å². The molecule has 19 heavy (non-hydrogen) atoms. The summed E-state index contributed by atoms with van der Waals surface area (Å²) in [4.78, 5) is 22.0. The van der Waals surface area contributed by atoms with Gasteiger partial charge in [0.05, 0.1) is 4.92 Å². The van der Waals surface area contributed by atoms with E-state index < -0.39 is 4.92 Å². The molecule has 1 atom stereocenters. The maximum atomic E-state index is 11.4.